The second kappa shape index (κ2) is 8.04. The van der Waals surface area contributed by atoms with Crippen LogP contribution in [0.1, 0.15) is 15.9 Å². The quantitative estimate of drug-likeness (QED) is 0.542. The van der Waals surface area contributed by atoms with Crippen molar-refractivity contribution in [3.63, 3.8) is 0 Å². The lowest BCUT2D eigenvalue weighted by Gasteiger charge is -2.28. The molecule has 2 N–H and O–H groups in total. The van der Waals surface area contributed by atoms with Gasteiger partial charge in [-0.3, -0.25) is 0 Å². The van der Waals surface area contributed by atoms with Crippen LogP contribution in [0.25, 0.3) is 0 Å². The van der Waals surface area contributed by atoms with E-state index < -0.39 is 13.1 Å². The van der Waals surface area contributed by atoms with E-state index in [-0.39, 0.29) is 28.8 Å². The number of methoxy groups -OCH3 is 1. The molecule has 0 fully saturated rings. The molecular weight excluding hydrogens is 367 g/mol. The highest BCUT2D eigenvalue weighted by Gasteiger charge is 2.39. The van der Waals surface area contributed by atoms with Gasteiger partial charge in [-0.05, 0) is 18.1 Å². The van der Waals surface area contributed by atoms with Crippen molar-refractivity contribution >= 4 is 36.2 Å². The zero-order valence-electron chi connectivity index (χ0n) is 13.2. The Labute approximate surface area is 152 Å². The normalized spacial score (nSPS) is 16.2. The number of ether oxygens (including phenoxy) is 2. The van der Waals surface area contributed by atoms with Crippen LogP contribution in [0.4, 0.5) is 0 Å². The first-order valence-corrected chi connectivity index (χ1v) is 9.14. The van der Waals surface area contributed by atoms with Crippen molar-refractivity contribution in [2.45, 2.75) is 15.9 Å². The molecule has 0 amide bonds. The first-order chi connectivity index (χ1) is 12.1. The lowest BCUT2D eigenvalue weighted by Crippen LogP contribution is -2.40. The molecule has 1 aliphatic heterocycles. The van der Waals surface area contributed by atoms with Gasteiger partial charge in [-0.25, -0.2) is 4.79 Å². The minimum Gasteiger partial charge on any atom is -0.534 e. The Bertz CT molecular complexity index is 745. The summed E-state index contributed by atoms with van der Waals surface area (Å²) in [5, 5.41) is 27.2. The number of hydrogen-bond acceptors (Lipinski definition) is 9. The van der Waals surface area contributed by atoms with E-state index in [9.17, 15) is 14.9 Å². The summed E-state index contributed by atoms with van der Waals surface area (Å²) in [4.78, 5) is 11.7. The maximum atomic E-state index is 11.7. The highest BCUT2D eigenvalue weighted by molar-refractivity contribution is 8.02. The van der Waals surface area contributed by atoms with Crippen LogP contribution in [0.3, 0.4) is 0 Å². The minimum atomic E-state index is -1.17. The zero-order valence-corrected chi connectivity index (χ0v) is 14.9. The number of carboxylic acids is 1. The molecule has 0 bridgehead atoms. The molecule has 1 aromatic heterocycles. The fourth-order valence-electron chi connectivity index (χ4n) is 2.42. The van der Waals surface area contributed by atoms with Gasteiger partial charge in [0.1, 0.15) is 29.2 Å². The molecule has 0 aliphatic carbocycles. The maximum absolute atomic E-state index is 11.7. The van der Waals surface area contributed by atoms with Crippen molar-refractivity contribution in [1.82, 2.24) is 10.2 Å². The van der Waals surface area contributed by atoms with Gasteiger partial charge in [0.15, 0.2) is 4.34 Å². The molecule has 2 aromatic rings. The van der Waals surface area contributed by atoms with Gasteiger partial charge in [0.2, 0.25) is 0 Å². The fraction of sp³-hybridized carbons (Fsp3) is 0.357. The highest BCUT2D eigenvalue weighted by atomic mass is 32.2. The third-order valence-electron chi connectivity index (χ3n) is 3.53. The summed E-state index contributed by atoms with van der Waals surface area (Å²) in [5.41, 5.74) is 2.22. The van der Waals surface area contributed by atoms with Crippen LogP contribution < -0.4 is 9.39 Å². The van der Waals surface area contributed by atoms with Gasteiger partial charge in [0, 0.05) is 7.11 Å². The van der Waals surface area contributed by atoms with Crippen LogP contribution in [0.5, 0.6) is 11.5 Å². The van der Waals surface area contributed by atoms with Gasteiger partial charge < -0.3 is 24.3 Å². The van der Waals surface area contributed by atoms with Crippen molar-refractivity contribution in [2.24, 2.45) is 0 Å². The Morgan fingerprint density at radius 2 is 2.36 bits per heavy atom. The number of benzene rings is 1. The van der Waals surface area contributed by atoms with Crippen molar-refractivity contribution in [2.75, 3.05) is 20.3 Å². The van der Waals surface area contributed by atoms with Gasteiger partial charge in [-0.1, -0.05) is 29.2 Å². The second-order valence-electron chi connectivity index (χ2n) is 5.15. The van der Waals surface area contributed by atoms with Crippen LogP contribution >= 0.6 is 23.1 Å². The summed E-state index contributed by atoms with van der Waals surface area (Å²) in [6.07, 6.45) is 0.444. The third kappa shape index (κ3) is 4.06. The van der Waals surface area contributed by atoms with E-state index in [0.717, 1.165) is 0 Å². The number of fused-ring (bicyclic) bond motifs is 1. The average molecular weight is 382 g/mol. The van der Waals surface area contributed by atoms with E-state index in [1.54, 1.807) is 17.6 Å². The number of carbonyl (C=O) groups is 1. The predicted molar refractivity (Wildman–Crippen MR) is 92.6 cm³/mol. The first kappa shape index (κ1) is 18.0. The lowest BCUT2D eigenvalue weighted by molar-refractivity contribution is 0.0686. The summed E-state index contributed by atoms with van der Waals surface area (Å²) in [7, 11) is 0.373. The molecule has 0 spiro atoms. The molecule has 3 rings (SSSR count). The molecule has 11 heteroatoms. The van der Waals surface area contributed by atoms with Crippen LogP contribution in [0, 0.1) is 0 Å². The Kier molecular flexibility index (Phi) is 5.79. The maximum Gasteiger partial charge on any atom is 0.537 e. The highest BCUT2D eigenvalue weighted by Crippen LogP contribution is 2.40. The number of hydrogen-bond donors (Lipinski definition) is 2. The van der Waals surface area contributed by atoms with Gasteiger partial charge in [0.05, 0.1) is 11.8 Å². The fourth-order valence-corrected chi connectivity index (χ4v) is 4.21. The van der Waals surface area contributed by atoms with Gasteiger partial charge in [-0.2, -0.15) is 0 Å². The van der Waals surface area contributed by atoms with E-state index in [4.69, 9.17) is 14.1 Å². The van der Waals surface area contributed by atoms with Crippen LogP contribution in [0.2, 0.25) is 0 Å². The number of rotatable bonds is 7. The topological polar surface area (TPSA) is 111 Å². The Morgan fingerprint density at radius 3 is 3.04 bits per heavy atom. The van der Waals surface area contributed by atoms with E-state index in [0.29, 0.717) is 22.9 Å². The molecule has 0 saturated carbocycles. The minimum absolute atomic E-state index is 0.0907. The molecule has 1 aromatic carbocycles. The standard InChI is InChI=1S/C14H15BN2O6S2/c1-21-4-5-22-9-3-2-8-6-10(25-14-17-16-7-24-14)15(20)23-12(8)11(9)13(18)19/h2-3,7,10,20H,4-6H2,1H3,(H,18,19)/t10-/m0/s1. The van der Waals surface area contributed by atoms with Crippen molar-refractivity contribution in [1.29, 1.82) is 0 Å². The Hall–Kier alpha value is -1.82. The van der Waals surface area contributed by atoms with Gasteiger partial charge >= 0.3 is 13.1 Å². The van der Waals surface area contributed by atoms with E-state index in [2.05, 4.69) is 10.2 Å². The molecule has 1 aliphatic rings. The summed E-state index contributed by atoms with van der Waals surface area (Å²) < 4.78 is 16.6. The molecule has 132 valence electrons. The van der Waals surface area contributed by atoms with E-state index >= 15 is 0 Å². The number of aromatic nitrogens is 2. The van der Waals surface area contributed by atoms with Gasteiger partial charge in [-0.15, -0.1) is 10.2 Å². The summed E-state index contributed by atoms with van der Waals surface area (Å²) in [5.74, 6) is -0.846. The molecule has 0 radical (unpaired) electrons. The lowest BCUT2D eigenvalue weighted by atomic mass is 9.77. The number of nitrogens with zero attached hydrogens (tertiary/aromatic N) is 2. The number of aromatic carboxylic acids is 1. The monoisotopic (exact) mass is 382 g/mol. The SMILES string of the molecule is COCCOc1ccc2c(c1C(=O)O)OB(O)[C@@H](Sc1nncs1)C2. The molecule has 0 saturated heterocycles. The summed E-state index contributed by atoms with van der Waals surface area (Å²) in [6, 6.07) is 3.36. The molecule has 0 unspecified atom stereocenters. The number of carboxylic acid groups (broad SMARTS) is 1. The molecule has 1 atom stereocenters. The van der Waals surface area contributed by atoms with Crippen molar-refractivity contribution in [3.05, 3.63) is 28.8 Å². The molecule has 8 nitrogen and oxygen atoms in total. The smallest absolute Gasteiger partial charge is 0.534 e. The zero-order chi connectivity index (χ0) is 17.8. The van der Waals surface area contributed by atoms with Crippen molar-refractivity contribution in [3.8, 4) is 11.5 Å². The Morgan fingerprint density at radius 1 is 1.52 bits per heavy atom. The number of thioether (sulfide) groups is 1. The molecule has 2 heterocycles. The van der Waals surface area contributed by atoms with Crippen LogP contribution in [-0.2, 0) is 11.2 Å². The molecule has 25 heavy (non-hydrogen) atoms. The van der Waals surface area contributed by atoms with E-state index in [1.807, 2.05) is 0 Å². The van der Waals surface area contributed by atoms with Crippen LogP contribution in [-0.4, -0.2) is 58.9 Å². The largest absolute Gasteiger partial charge is 0.537 e. The summed E-state index contributed by atoms with van der Waals surface area (Å²) in [6.45, 7) is 0.549. The third-order valence-corrected chi connectivity index (χ3v) is 5.58. The van der Waals surface area contributed by atoms with Crippen molar-refractivity contribution < 1.29 is 29.1 Å². The van der Waals surface area contributed by atoms with Crippen LogP contribution in [0.15, 0.2) is 22.0 Å². The second-order valence-corrected chi connectivity index (χ2v) is 7.47. The van der Waals surface area contributed by atoms with Gasteiger partial charge in [0.25, 0.3) is 0 Å². The van der Waals surface area contributed by atoms with E-state index in [1.165, 1.54) is 30.2 Å². The summed E-state index contributed by atoms with van der Waals surface area (Å²) >= 11 is 2.72. The Balaban J connectivity index is 1.85. The average Bonchev–Trinajstić information content (AvgIpc) is 3.08. The first-order valence-electron chi connectivity index (χ1n) is 7.38. The molecular formula is C14H15BN2O6S2. The predicted octanol–water partition coefficient (Wildman–Crippen LogP) is 1.38.